The first-order chi connectivity index (χ1) is 13.1. The molecule has 0 radical (unpaired) electrons. The maximum absolute atomic E-state index is 13.2. The van der Waals surface area contributed by atoms with Crippen molar-refractivity contribution in [2.75, 3.05) is 13.2 Å². The van der Waals surface area contributed by atoms with E-state index in [9.17, 15) is 24.9 Å². The van der Waals surface area contributed by atoms with Gasteiger partial charge in [-0.3, -0.25) is 4.79 Å². The van der Waals surface area contributed by atoms with Crippen LogP contribution in [0.25, 0.3) is 0 Å². The van der Waals surface area contributed by atoms with Crippen LogP contribution < -0.4 is 0 Å². The van der Waals surface area contributed by atoms with Crippen molar-refractivity contribution in [3.8, 4) is 0 Å². The van der Waals surface area contributed by atoms with Crippen LogP contribution in [-0.2, 0) is 14.3 Å². The summed E-state index contributed by atoms with van der Waals surface area (Å²) in [6.45, 7) is 7.22. The molecule has 0 amide bonds. The molecule has 3 aliphatic carbocycles. The minimum Gasteiger partial charge on any atom is -0.460 e. The van der Waals surface area contributed by atoms with Gasteiger partial charge in [0, 0.05) is 23.2 Å². The zero-order valence-corrected chi connectivity index (χ0v) is 17.6. The van der Waals surface area contributed by atoms with Gasteiger partial charge in [-0.15, -0.1) is 0 Å². The van der Waals surface area contributed by atoms with E-state index in [0.29, 0.717) is 12.8 Å². The van der Waals surface area contributed by atoms with Crippen LogP contribution in [0.5, 0.6) is 0 Å². The van der Waals surface area contributed by atoms with E-state index >= 15 is 0 Å². The van der Waals surface area contributed by atoms with Crippen LogP contribution in [0.2, 0.25) is 0 Å². The summed E-state index contributed by atoms with van der Waals surface area (Å²) in [6, 6.07) is 0. The van der Waals surface area contributed by atoms with E-state index in [0.717, 1.165) is 19.3 Å². The molecule has 0 heterocycles. The lowest BCUT2D eigenvalue weighted by atomic mass is 9.43. The molecule has 6 nitrogen and oxygen atoms in total. The van der Waals surface area contributed by atoms with Gasteiger partial charge in [-0.05, 0) is 49.4 Å². The highest BCUT2D eigenvalue weighted by Gasteiger charge is 2.68. The van der Waals surface area contributed by atoms with Gasteiger partial charge in [-0.1, -0.05) is 27.7 Å². The highest BCUT2D eigenvalue weighted by atomic mass is 16.6. The minimum absolute atomic E-state index is 0.127. The molecule has 0 aliphatic heterocycles. The van der Waals surface area contributed by atoms with Crippen LogP contribution in [0, 0.1) is 34.0 Å². The first-order valence-corrected chi connectivity index (χ1v) is 10.7. The van der Waals surface area contributed by atoms with Gasteiger partial charge in [0.2, 0.25) is 0 Å². The number of hydrogen-bond acceptors (Lipinski definition) is 6. The van der Waals surface area contributed by atoms with E-state index in [1.165, 1.54) is 0 Å². The molecule has 3 rings (SSSR count). The summed E-state index contributed by atoms with van der Waals surface area (Å²) in [6.07, 6.45) is 2.41. The van der Waals surface area contributed by atoms with E-state index < -0.39 is 35.6 Å². The third-order valence-corrected chi connectivity index (χ3v) is 9.18. The quantitative estimate of drug-likeness (QED) is 0.629. The van der Waals surface area contributed by atoms with E-state index in [-0.39, 0.29) is 42.0 Å². The van der Waals surface area contributed by atoms with Gasteiger partial charge in [-0.2, -0.15) is 0 Å². The Bertz CT molecular complexity index is 629. The van der Waals surface area contributed by atoms with Crippen molar-refractivity contribution in [1.82, 2.24) is 0 Å². The summed E-state index contributed by atoms with van der Waals surface area (Å²) in [4.78, 5) is 25.3. The summed E-state index contributed by atoms with van der Waals surface area (Å²) >= 11 is 0. The summed E-state index contributed by atoms with van der Waals surface area (Å²) in [5.74, 6) is -0.770. The number of carbonyl (C=O) groups excluding carboxylic acids is 2. The van der Waals surface area contributed by atoms with Crippen molar-refractivity contribution in [1.29, 1.82) is 0 Å². The van der Waals surface area contributed by atoms with Gasteiger partial charge in [0.1, 0.15) is 18.5 Å². The number of carbonyl (C=O) groups is 2. The van der Waals surface area contributed by atoms with Crippen molar-refractivity contribution in [3.05, 3.63) is 0 Å². The molecule has 3 N–H and O–H groups in total. The zero-order chi connectivity index (χ0) is 20.9. The Balaban J connectivity index is 2.22. The lowest BCUT2D eigenvalue weighted by Gasteiger charge is -2.62. The van der Waals surface area contributed by atoms with E-state index in [2.05, 4.69) is 13.8 Å². The second-order valence-corrected chi connectivity index (χ2v) is 9.89. The first kappa shape index (κ1) is 21.7. The Kier molecular flexibility index (Phi) is 5.72. The second-order valence-electron chi connectivity index (χ2n) is 9.89. The number of aliphatic hydroxyl groups is 3. The molecule has 0 aromatic rings. The van der Waals surface area contributed by atoms with Gasteiger partial charge in [0.25, 0.3) is 0 Å². The monoisotopic (exact) mass is 396 g/mol. The second kappa shape index (κ2) is 7.37. The summed E-state index contributed by atoms with van der Waals surface area (Å²) < 4.78 is 5.77. The summed E-state index contributed by atoms with van der Waals surface area (Å²) in [5, 5.41) is 31.1. The molecule has 0 aromatic heterocycles. The number of ketones is 1. The molecular formula is C22H36O6. The molecule has 0 spiro atoms. The van der Waals surface area contributed by atoms with Crippen LogP contribution >= 0.6 is 0 Å². The van der Waals surface area contributed by atoms with Crippen LogP contribution in [0.15, 0.2) is 0 Å². The van der Waals surface area contributed by atoms with Crippen molar-refractivity contribution < 1.29 is 29.6 Å². The number of esters is 1. The molecule has 8 atom stereocenters. The van der Waals surface area contributed by atoms with E-state index in [1.54, 1.807) is 0 Å². The fourth-order valence-electron chi connectivity index (χ4n) is 7.05. The summed E-state index contributed by atoms with van der Waals surface area (Å²) in [7, 11) is 0. The number of hydrogen-bond donors (Lipinski definition) is 3. The Labute approximate surface area is 167 Å². The molecule has 3 aliphatic rings. The average Bonchev–Trinajstić information content (AvgIpc) is 3.04. The third-order valence-electron chi connectivity index (χ3n) is 9.18. The Hall–Kier alpha value is -0.980. The Morgan fingerprint density at radius 2 is 1.93 bits per heavy atom. The van der Waals surface area contributed by atoms with Crippen LogP contribution in [-0.4, -0.2) is 52.5 Å². The molecule has 0 aromatic carbocycles. The van der Waals surface area contributed by atoms with Crippen molar-refractivity contribution in [2.45, 2.75) is 78.4 Å². The molecule has 3 fully saturated rings. The fourth-order valence-corrected chi connectivity index (χ4v) is 7.05. The van der Waals surface area contributed by atoms with Gasteiger partial charge in [0.15, 0.2) is 0 Å². The Morgan fingerprint density at radius 3 is 2.50 bits per heavy atom. The van der Waals surface area contributed by atoms with Crippen LogP contribution in [0.4, 0.5) is 0 Å². The minimum atomic E-state index is -0.804. The number of rotatable bonds is 4. The maximum atomic E-state index is 13.2. The van der Waals surface area contributed by atoms with Crippen LogP contribution in [0.1, 0.15) is 66.2 Å². The standard InChI is InChI=1S/C22H36O6/c1-5-21(12-24)10-16(28-17(26)11-23)20(4)13(2)6-8-22(14(3)19(21)27)9-7-15(25)18(20)22/h13-14,16,18-19,23-24,27H,5-12H2,1-4H3/t13-,14-,16-,18?,19+,20+,21-,22?/m1/s1. The summed E-state index contributed by atoms with van der Waals surface area (Å²) in [5.41, 5.74) is -1.72. The topological polar surface area (TPSA) is 104 Å². The van der Waals surface area contributed by atoms with Crippen LogP contribution in [0.3, 0.4) is 0 Å². The zero-order valence-electron chi connectivity index (χ0n) is 17.6. The van der Waals surface area contributed by atoms with E-state index in [1.807, 2.05) is 13.8 Å². The molecule has 3 saturated carbocycles. The SMILES string of the molecule is CC[C@]1(CO)C[C@@H](OC(=O)CO)[C@@]2(C)C3C(=O)CCC3(CC[C@H]2C)[C@H](C)[C@@H]1O. The molecule has 2 bridgehead atoms. The van der Waals surface area contributed by atoms with Gasteiger partial charge in [-0.25, -0.2) is 4.79 Å². The molecule has 2 unspecified atom stereocenters. The lowest BCUT2D eigenvalue weighted by Crippen LogP contribution is -2.64. The average molecular weight is 397 g/mol. The van der Waals surface area contributed by atoms with Crippen molar-refractivity contribution in [2.24, 2.45) is 34.0 Å². The van der Waals surface area contributed by atoms with Gasteiger partial charge in [0.05, 0.1) is 12.7 Å². The highest BCUT2D eigenvalue weighted by Crippen LogP contribution is 2.68. The van der Waals surface area contributed by atoms with E-state index in [4.69, 9.17) is 4.74 Å². The first-order valence-electron chi connectivity index (χ1n) is 10.7. The number of Topliss-reactive ketones (excluding diaryl/α,β-unsaturated/α-hetero) is 1. The third kappa shape index (κ3) is 2.78. The molecule has 6 heteroatoms. The number of aliphatic hydroxyl groups excluding tert-OH is 3. The molecule has 160 valence electrons. The predicted octanol–water partition coefficient (Wildman–Crippen LogP) is 2.08. The smallest absolute Gasteiger partial charge is 0.332 e. The fraction of sp³-hybridized carbons (Fsp3) is 0.909. The highest BCUT2D eigenvalue weighted by molar-refractivity contribution is 5.85. The lowest BCUT2D eigenvalue weighted by molar-refractivity contribution is -0.219. The predicted molar refractivity (Wildman–Crippen MR) is 103 cm³/mol. The van der Waals surface area contributed by atoms with Crippen molar-refractivity contribution in [3.63, 3.8) is 0 Å². The molecule has 28 heavy (non-hydrogen) atoms. The molecular weight excluding hydrogens is 360 g/mol. The largest absolute Gasteiger partial charge is 0.460 e. The van der Waals surface area contributed by atoms with Gasteiger partial charge < -0.3 is 20.1 Å². The van der Waals surface area contributed by atoms with Gasteiger partial charge >= 0.3 is 5.97 Å². The van der Waals surface area contributed by atoms with Crippen molar-refractivity contribution >= 4 is 11.8 Å². The normalized spacial score (nSPS) is 48.5. The number of ether oxygens (including phenoxy) is 1. The molecule has 0 saturated heterocycles. The Morgan fingerprint density at radius 1 is 1.25 bits per heavy atom. The maximum Gasteiger partial charge on any atom is 0.332 e.